The number of rotatable bonds is 8. The molecule has 0 unspecified atom stereocenters. The molecule has 25 heavy (non-hydrogen) atoms. The maximum Gasteiger partial charge on any atom is 0.329 e. The fraction of sp³-hybridized carbons (Fsp3) is 0.312. The Labute approximate surface area is 155 Å². The molecule has 1 aromatic heterocycles. The summed E-state index contributed by atoms with van der Waals surface area (Å²) in [5, 5.41) is 7.23. The molecule has 0 bridgehead atoms. The van der Waals surface area contributed by atoms with E-state index in [2.05, 4.69) is 23.0 Å². The standard InChI is InChI=1S/C16H18ClN3O4S/c1-2-23-16(22)13(9-25)19-15(21)14-7-8-18-20(14)10-24-12-5-3-11(17)4-6-12/h3-8,13,25H,2,9-10H2,1H3,(H,19,21)/t13-/m0/s1. The van der Waals surface area contributed by atoms with Gasteiger partial charge in [-0.2, -0.15) is 17.7 Å². The zero-order chi connectivity index (χ0) is 18.2. The second-order valence-electron chi connectivity index (χ2n) is 4.90. The second kappa shape index (κ2) is 9.33. The van der Waals surface area contributed by atoms with Gasteiger partial charge >= 0.3 is 5.97 Å². The zero-order valence-electron chi connectivity index (χ0n) is 13.5. The maximum absolute atomic E-state index is 12.4. The smallest absolute Gasteiger partial charge is 0.329 e. The second-order valence-corrected chi connectivity index (χ2v) is 5.71. The Bertz CT molecular complexity index is 720. The molecule has 2 rings (SSSR count). The summed E-state index contributed by atoms with van der Waals surface area (Å²) in [6, 6.07) is 7.51. The molecule has 0 spiro atoms. The third-order valence-corrected chi connectivity index (χ3v) is 3.79. The fourth-order valence-corrected chi connectivity index (χ4v) is 2.32. The van der Waals surface area contributed by atoms with Gasteiger partial charge in [-0.05, 0) is 37.3 Å². The van der Waals surface area contributed by atoms with Crippen LogP contribution < -0.4 is 10.1 Å². The Morgan fingerprint density at radius 2 is 2.04 bits per heavy atom. The lowest BCUT2D eigenvalue weighted by molar-refractivity contribution is -0.144. The molecule has 1 aromatic carbocycles. The lowest BCUT2D eigenvalue weighted by Gasteiger charge is -2.15. The number of ether oxygens (including phenoxy) is 2. The van der Waals surface area contributed by atoms with Gasteiger partial charge in [-0.25, -0.2) is 9.48 Å². The summed E-state index contributed by atoms with van der Waals surface area (Å²) in [5.41, 5.74) is 0.255. The van der Waals surface area contributed by atoms with Crippen molar-refractivity contribution in [3.8, 4) is 5.75 Å². The lowest BCUT2D eigenvalue weighted by atomic mass is 10.3. The van der Waals surface area contributed by atoms with Crippen LogP contribution in [0.3, 0.4) is 0 Å². The first-order valence-corrected chi connectivity index (χ1v) is 8.54. The van der Waals surface area contributed by atoms with Crippen molar-refractivity contribution in [2.45, 2.75) is 19.7 Å². The number of carbonyl (C=O) groups is 2. The Hall–Kier alpha value is -2.19. The van der Waals surface area contributed by atoms with E-state index in [1.165, 1.54) is 16.9 Å². The number of esters is 1. The molecule has 0 saturated heterocycles. The van der Waals surface area contributed by atoms with Crippen molar-refractivity contribution in [2.24, 2.45) is 0 Å². The molecule has 0 saturated carbocycles. The number of thiol groups is 1. The number of carbonyl (C=O) groups excluding carboxylic acids is 2. The van der Waals surface area contributed by atoms with Gasteiger partial charge in [-0.1, -0.05) is 11.6 Å². The monoisotopic (exact) mass is 383 g/mol. The van der Waals surface area contributed by atoms with Crippen LogP contribution in [-0.2, 0) is 16.3 Å². The molecule has 1 atom stereocenters. The molecule has 2 aromatic rings. The van der Waals surface area contributed by atoms with Gasteiger partial charge in [0.05, 0.1) is 6.61 Å². The van der Waals surface area contributed by atoms with Crippen molar-refractivity contribution in [2.75, 3.05) is 12.4 Å². The normalized spacial score (nSPS) is 11.6. The first-order chi connectivity index (χ1) is 12.0. The molecule has 1 heterocycles. The molecule has 0 fully saturated rings. The molecule has 1 N–H and O–H groups in total. The SMILES string of the molecule is CCOC(=O)[C@H](CS)NC(=O)c1ccnn1COc1ccc(Cl)cc1. The van der Waals surface area contributed by atoms with Crippen LogP contribution in [0.4, 0.5) is 0 Å². The minimum Gasteiger partial charge on any atom is -0.471 e. The van der Waals surface area contributed by atoms with Crippen molar-refractivity contribution in [3.05, 3.63) is 47.2 Å². The number of halogens is 1. The van der Waals surface area contributed by atoms with Gasteiger partial charge in [-0.15, -0.1) is 0 Å². The lowest BCUT2D eigenvalue weighted by Crippen LogP contribution is -2.44. The van der Waals surface area contributed by atoms with Crippen molar-refractivity contribution in [3.63, 3.8) is 0 Å². The Kier molecular flexibility index (Phi) is 7.15. The summed E-state index contributed by atoms with van der Waals surface area (Å²) in [4.78, 5) is 24.1. The highest BCUT2D eigenvalue weighted by Gasteiger charge is 2.23. The van der Waals surface area contributed by atoms with E-state index in [-0.39, 0.29) is 24.8 Å². The Morgan fingerprint density at radius 1 is 1.32 bits per heavy atom. The number of benzene rings is 1. The number of hydrogen-bond donors (Lipinski definition) is 2. The van der Waals surface area contributed by atoms with Crippen LogP contribution in [-0.4, -0.2) is 40.1 Å². The highest BCUT2D eigenvalue weighted by atomic mass is 35.5. The summed E-state index contributed by atoms with van der Waals surface area (Å²) in [6.45, 7) is 1.95. The summed E-state index contributed by atoms with van der Waals surface area (Å²) < 4.78 is 11.8. The number of nitrogens with one attached hydrogen (secondary N) is 1. The van der Waals surface area contributed by atoms with Gasteiger partial charge in [0.1, 0.15) is 17.5 Å². The maximum atomic E-state index is 12.4. The van der Waals surface area contributed by atoms with Crippen LogP contribution in [0, 0.1) is 0 Å². The van der Waals surface area contributed by atoms with E-state index in [1.807, 2.05) is 0 Å². The van der Waals surface area contributed by atoms with Crippen molar-refractivity contribution < 1.29 is 19.1 Å². The van der Waals surface area contributed by atoms with E-state index in [0.29, 0.717) is 10.8 Å². The molecule has 1 amide bonds. The average Bonchev–Trinajstić information content (AvgIpc) is 3.08. The van der Waals surface area contributed by atoms with Crippen LogP contribution >= 0.6 is 24.2 Å². The van der Waals surface area contributed by atoms with Gasteiger partial charge in [0.25, 0.3) is 5.91 Å². The molecule has 0 aliphatic carbocycles. The van der Waals surface area contributed by atoms with Crippen LogP contribution in [0.2, 0.25) is 5.02 Å². The van der Waals surface area contributed by atoms with E-state index in [9.17, 15) is 9.59 Å². The summed E-state index contributed by atoms with van der Waals surface area (Å²) in [5.74, 6) is -0.287. The molecule has 7 nitrogen and oxygen atoms in total. The van der Waals surface area contributed by atoms with Crippen molar-refractivity contribution in [1.82, 2.24) is 15.1 Å². The quantitative estimate of drug-likeness (QED) is 0.539. The summed E-state index contributed by atoms with van der Waals surface area (Å²) in [6.07, 6.45) is 1.47. The third kappa shape index (κ3) is 5.40. The van der Waals surface area contributed by atoms with Crippen LogP contribution in [0.1, 0.15) is 17.4 Å². The first-order valence-electron chi connectivity index (χ1n) is 7.53. The Morgan fingerprint density at radius 3 is 2.68 bits per heavy atom. The van der Waals surface area contributed by atoms with Crippen LogP contribution in [0.25, 0.3) is 0 Å². The number of nitrogens with zero attached hydrogens (tertiary/aromatic N) is 2. The average molecular weight is 384 g/mol. The number of aromatic nitrogens is 2. The van der Waals surface area contributed by atoms with Gasteiger partial charge in [0.15, 0.2) is 6.73 Å². The minimum absolute atomic E-state index is 0.0301. The van der Waals surface area contributed by atoms with Gasteiger partial charge in [-0.3, -0.25) is 4.79 Å². The molecule has 0 radical (unpaired) electrons. The van der Waals surface area contributed by atoms with E-state index >= 15 is 0 Å². The van der Waals surface area contributed by atoms with E-state index in [0.717, 1.165) is 0 Å². The van der Waals surface area contributed by atoms with Gasteiger partial charge in [0.2, 0.25) is 0 Å². The van der Waals surface area contributed by atoms with E-state index in [1.54, 1.807) is 31.2 Å². The largest absolute Gasteiger partial charge is 0.471 e. The van der Waals surface area contributed by atoms with Crippen LogP contribution in [0.15, 0.2) is 36.5 Å². The first kappa shape index (κ1) is 19.1. The topological polar surface area (TPSA) is 82.5 Å². The molecule has 0 aliphatic rings. The van der Waals surface area contributed by atoms with Crippen LogP contribution in [0.5, 0.6) is 5.75 Å². The predicted octanol–water partition coefficient (Wildman–Crippen LogP) is 2.16. The predicted molar refractivity (Wildman–Crippen MR) is 96.0 cm³/mol. The van der Waals surface area contributed by atoms with E-state index < -0.39 is 17.9 Å². The Balaban J connectivity index is 2.00. The number of amides is 1. The molecular weight excluding hydrogens is 366 g/mol. The highest BCUT2D eigenvalue weighted by molar-refractivity contribution is 7.80. The van der Waals surface area contributed by atoms with Crippen molar-refractivity contribution >= 4 is 36.1 Å². The summed E-state index contributed by atoms with van der Waals surface area (Å²) in [7, 11) is 0. The molecule has 134 valence electrons. The molecular formula is C16H18ClN3O4S. The molecule has 0 aliphatic heterocycles. The number of hydrogen-bond acceptors (Lipinski definition) is 6. The van der Waals surface area contributed by atoms with Crippen molar-refractivity contribution in [1.29, 1.82) is 0 Å². The van der Waals surface area contributed by atoms with Gasteiger partial charge in [0, 0.05) is 17.0 Å². The highest BCUT2D eigenvalue weighted by Crippen LogP contribution is 2.16. The zero-order valence-corrected chi connectivity index (χ0v) is 15.2. The summed E-state index contributed by atoms with van der Waals surface area (Å²) >= 11 is 9.89. The minimum atomic E-state index is -0.837. The third-order valence-electron chi connectivity index (χ3n) is 3.18. The molecule has 9 heteroatoms. The fourth-order valence-electron chi connectivity index (χ4n) is 1.95. The van der Waals surface area contributed by atoms with E-state index in [4.69, 9.17) is 21.1 Å². The van der Waals surface area contributed by atoms with Gasteiger partial charge < -0.3 is 14.8 Å².